The molecule has 2 nitrogen and oxygen atoms in total. The van der Waals surface area contributed by atoms with Crippen LogP contribution in [-0.4, -0.2) is 21.9 Å². The van der Waals surface area contributed by atoms with Crippen LogP contribution in [0.3, 0.4) is 0 Å². The lowest BCUT2D eigenvalue weighted by Gasteiger charge is -1.81. The van der Waals surface area contributed by atoms with Gasteiger partial charge in [-0.15, -0.1) is 0 Å². The van der Waals surface area contributed by atoms with Crippen molar-refractivity contribution < 1.29 is 0 Å². The minimum Gasteiger partial charge on any atom is -0.225 e. The molecule has 0 saturated heterocycles. The van der Waals surface area contributed by atoms with Crippen LogP contribution in [0.1, 0.15) is 0 Å². The van der Waals surface area contributed by atoms with Gasteiger partial charge < -0.3 is 0 Å². The van der Waals surface area contributed by atoms with Gasteiger partial charge in [0, 0.05) is 0 Å². The first kappa shape index (κ1) is 8.69. The van der Waals surface area contributed by atoms with Gasteiger partial charge in [-0.25, -0.2) is 4.99 Å². The van der Waals surface area contributed by atoms with Crippen molar-refractivity contribution in [3.05, 3.63) is 0 Å². The number of thiocarbonyl (C=S) groups is 3. The van der Waals surface area contributed by atoms with Gasteiger partial charge in [-0.05, 0) is 24.4 Å². The molecule has 0 N–H and O–H groups in total. The molecule has 46 valence electrons. The summed E-state index contributed by atoms with van der Waals surface area (Å²) in [6.07, 6.45) is 0. The maximum absolute atomic E-state index is 4.64. The molecule has 9 heavy (non-hydrogen) atoms. The Morgan fingerprint density at radius 1 is 1.33 bits per heavy atom. The van der Waals surface area contributed by atoms with Crippen molar-refractivity contribution in [2.45, 2.75) is 0 Å². The van der Waals surface area contributed by atoms with Crippen molar-refractivity contribution in [1.82, 2.24) is 0 Å². The molecule has 0 aromatic rings. The molecule has 0 aliphatic heterocycles. The zero-order valence-corrected chi connectivity index (χ0v) is 6.78. The lowest BCUT2D eigenvalue weighted by molar-refractivity contribution is 1.33. The zero-order valence-electron chi connectivity index (χ0n) is 4.33. The predicted octanol–water partition coefficient (Wildman–Crippen LogP) is 1.52. The van der Waals surface area contributed by atoms with Gasteiger partial charge in [0.2, 0.25) is 0 Å². The fraction of sp³-hybridized carbons (Fsp3) is 0.250. The van der Waals surface area contributed by atoms with E-state index in [-0.39, 0.29) is 6.54 Å². The largest absolute Gasteiger partial charge is 0.225 e. The Morgan fingerprint density at radius 3 is 2.44 bits per heavy atom. The van der Waals surface area contributed by atoms with Crippen molar-refractivity contribution in [2.24, 2.45) is 9.98 Å². The molecule has 0 bridgehead atoms. The van der Waals surface area contributed by atoms with Crippen LogP contribution in [0.5, 0.6) is 0 Å². The average Bonchev–Trinajstić information content (AvgIpc) is 1.85. The topological polar surface area (TPSA) is 24.7 Å². The molecule has 5 heteroatoms. The Morgan fingerprint density at radius 2 is 2.00 bits per heavy atom. The minimum atomic E-state index is 0.280. The van der Waals surface area contributed by atoms with Crippen LogP contribution in [0.4, 0.5) is 0 Å². The van der Waals surface area contributed by atoms with Crippen LogP contribution in [0.15, 0.2) is 9.98 Å². The molecule has 0 aromatic heterocycles. The summed E-state index contributed by atoms with van der Waals surface area (Å²) in [6.45, 7) is 0.280. The van der Waals surface area contributed by atoms with Crippen molar-refractivity contribution >= 4 is 52.0 Å². The molecule has 0 rings (SSSR count). The number of nitrogens with zero attached hydrogens (tertiary/aromatic N) is 2. The Bertz CT molecular complexity index is 198. The van der Waals surface area contributed by atoms with Crippen LogP contribution in [0.2, 0.25) is 0 Å². The molecule has 0 atom stereocenters. The summed E-state index contributed by atoms with van der Waals surface area (Å²) in [5.74, 6) is 0. The normalized spacial score (nSPS) is 6.67. The monoisotopic (exact) mass is 174 g/mol. The molecular weight excluding hydrogens is 172 g/mol. The van der Waals surface area contributed by atoms with Gasteiger partial charge in [0.05, 0.1) is 10.3 Å². The van der Waals surface area contributed by atoms with Crippen LogP contribution in [-0.2, 0) is 0 Å². The molecular formula is C4H2N2S3. The third-order valence-electron chi connectivity index (χ3n) is 0.449. The van der Waals surface area contributed by atoms with E-state index in [1.165, 1.54) is 0 Å². The van der Waals surface area contributed by atoms with Crippen LogP contribution < -0.4 is 0 Å². The van der Waals surface area contributed by atoms with Crippen molar-refractivity contribution in [3.8, 4) is 0 Å². The summed E-state index contributed by atoms with van der Waals surface area (Å²) >= 11 is 13.2. The summed E-state index contributed by atoms with van der Waals surface area (Å²) < 4.78 is 0. The third kappa shape index (κ3) is 5.56. The van der Waals surface area contributed by atoms with Crippen LogP contribution in [0.25, 0.3) is 0 Å². The van der Waals surface area contributed by atoms with Gasteiger partial charge in [-0.1, -0.05) is 12.2 Å². The average molecular weight is 174 g/mol. The molecule has 0 aromatic carbocycles. The molecule has 0 amide bonds. The SMILES string of the molecule is S=C=NCC(=S)N=C=S. The van der Waals surface area contributed by atoms with E-state index in [2.05, 4.69) is 57.0 Å². The smallest absolute Gasteiger partial charge is 0.136 e. The molecule has 0 heterocycles. The van der Waals surface area contributed by atoms with Gasteiger partial charge in [0.25, 0.3) is 0 Å². The Kier molecular flexibility index (Phi) is 5.62. The number of isothiocyanates is 2. The summed E-state index contributed by atoms with van der Waals surface area (Å²) in [6, 6.07) is 0. The first-order chi connectivity index (χ1) is 4.31. The summed E-state index contributed by atoms with van der Waals surface area (Å²) in [7, 11) is 0. The van der Waals surface area contributed by atoms with Gasteiger partial charge in [0.1, 0.15) is 11.5 Å². The highest BCUT2D eigenvalue weighted by Gasteiger charge is 1.85. The number of aliphatic imine (C=N–C) groups is 2. The number of hydrogen-bond acceptors (Lipinski definition) is 4. The van der Waals surface area contributed by atoms with E-state index in [0.29, 0.717) is 4.99 Å². The molecule has 0 saturated carbocycles. The predicted molar refractivity (Wildman–Crippen MR) is 47.5 cm³/mol. The van der Waals surface area contributed by atoms with Gasteiger partial charge in [0.15, 0.2) is 0 Å². The second-order valence-corrected chi connectivity index (χ2v) is 1.84. The first-order valence-electron chi connectivity index (χ1n) is 1.95. The molecule has 0 aliphatic carbocycles. The van der Waals surface area contributed by atoms with E-state index in [4.69, 9.17) is 0 Å². The molecule has 0 unspecified atom stereocenters. The van der Waals surface area contributed by atoms with Crippen molar-refractivity contribution in [3.63, 3.8) is 0 Å². The molecule has 0 spiro atoms. The van der Waals surface area contributed by atoms with Crippen LogP contribution >= 0.6 is 36.7 Å². The van der Waals surface area contributed by atoms with Gasteiger partial charge >= 0.3 is 0 Å². The first-order valence-corrected chi connectivity index (χ1v) is 3.18. The summed E-state index contributed by atoms with van der Waals surface area (Å²) in [5, 5.41) is 4.28. The van der Waals surface area contributed by atoms with E-state index in [1.807, 2.05) is 0 Å². The van der Waals surface area contributed by atoms with E-state index >= 15 is 0 Å². The molecule has 0 aliphatic rings. The minimum absolute atomic E-state index is 0.280. The number of rotatable bonds is 2. The maximum Gasteiger partial charge on any atom is 0.136 e. The van der Waals surface area contributed by atoms with E-state index in [0.717, 1.165) is 0 Å². The quantitative estimate of drug-likeness (QED) is 0.468. The lowest BCUT2D eigenvalue weighted by atomic mass is 10.7. The van der Waals surface area contributed by atoms with Gasteiger partial charge in [-0.3, -0.25) is 0 Å². The third-order valence-corrected chi connectivity index (χ3v) is 0.890. The fourth-order valence-electron chi connectivity index (χ4n) is 0.186. The Labute approximate surface area is 68.7 Å². The lowest BCUT2D eigenvalue weighted by Crippen LogP contribution is -1.92. The highest BCUT2D eigenvalue weighted by atomic mass is 32.1. The number of hydrogen-bond donors (Lipinski definition) is 0. The fourth-order valence-corrected chi connectivity index (χ4v) is 0.529. The van der Waals surface area contributed by atoms with Crippen molar-refractivity contribution in [2.75, 3.05) is 6.54 Å². The van der Waals surface area contributed by atoms with E-state index in [9.17, 15) is 0 Å². The second-order valence-electron chi connectivity index (χ2n) is 1.00. The van der Waals surface area contributed by atoms with Gasteiger partial charge in [-0.2, -0.15) is 4.99 Å². The van der Waals surface area contributed by atoms with E-state index < -0.39 is 0 Å². The standard InChI is InChI=1S/C4H2N2S3/c7-2-5-1-4(9)6-3-8/h1H2. The Balaban J connectivity index is 3.77. The molecule has 0 fully saturated rings. The highest BCUT2D eigenvalue weighted by molar-refractivity contribution is 7.81. The molecule has 0 radical (unpaired) electrons. The van der Waals surface area contributed by atoms with Crippen molar-refractivity contribution in [1.29, 1.82) is 0 Å². The second kappa shape index (κ2) is 5.82. The maximum atomic E-state index is 4.64. The summed E-state index contributed by atoms with van der Waals surface area (Å²) in [4.78, 5) is 7.39. The highest BCUT2D eigenvalue weighted by Crippen LogP contribution is 1.78. The van der Waals surface area contributed by atoms with E-state index in [1.54, 1.807) is 0 Å². The summed E-state index contributed by atoms with van der Waals surface area (Å²) in [5.41, 5.74) is 0. The van der Waals surface area contributed by atoms with Crippen LogP contribution in [0, 0.1) is 0 Å². The zero-order chi connectivity index (χ0) is 7.11. The Hall–Kier alpha value is -0.310.